The molecule has 0 saturated carbocycles. The first-order valence-electron chi connectivity index (χ1n) is 5.96. The Labute approximate surface area is 127 Å². The minimum atomic E-state index is 0. The Morgan fingerprint density at radius 1 is 1.28 bits per heavy atom. The number of amides is 1. The van der Waals surface area contributed by atoms with E-state index in [2.05, 4.69) is 26.9 Å². The number of guanidine groups is 1. The summed E-state index contributed by atoms with van der Waals surface area (Å²) in [5, 5.41) is 8.80. The largest absolute Gasteiger partial charge is 0.357 e. The normalized spacial score (nSPS) is 9.94. The van der Waals surface area contributed by atoms with Crippen LogP contribution in [0.1, 0.15) is 26.7 Å². The molecular weight excluding hydrogens is 343 g/mol. The van der Waals surface area contributed by atoms with Crippen molar-refractivity contribution >= 4 is 35.8 Å². The van der Waals surface area contributed by atoms with Crippen molar-refractivity contribution in [1.82, 2.24) is 16.0 Å². The number of aliphatic imine (C=N–C) groups is 1. The third-order valence-corrected chi connectivity index (χ3v) is 1.88. The Bertz CT molecular complexity index is 286. The molecule has 18 heavy (non-hydrogen) atoms. The zero-order chi connectivity index (χ0) is 12.9. The third-order valence-electron chi connectivity index (χ3n) is 1.88. The number of terminal acetylenes is 1. The number of nitrogens with zero attached hydrogens (tertiary/aromatic N) is 1. The van der Waals surface area contributed by atoms with E-state index < -0.39 is 0 Å². The topological polar surface area (TPSA) is 65.5 Å². The quantitative estimate of drug-likeness (QED) is 0.269. The maximum atomic E-state index is 11.3. The number of carbonyl (C=O) groups excluding carboxylic acids is 1. The second kappa shape index (κ2) is 14.1. The molecule has 0 unspecified atom stereocenters. The van der Waals surface area contributed by atoms with Gasteiger partial charge >= 0.3 is 0 Å². The van der Waals surface area contributed by atoms with E-state index in [0.717, 1.165) is 19.5 Å². The molecule has 0 saturated heterocycles. The number of halogens is 1. The Hall–Kier alpha value is -0.970. The average molecular weight is 366 g/mol. The first-order chi connectivity index (χ1) is 8.24. The van der Waals surface area contributed by atoms with E-state index in [-0.39, 0.29) is 29.9 Å². The van der Waals surface area contributed by atoms with Crippen LogP contribution in [-0.4, -0.2) is 38.0 Å². The lowest BCUT2D eigenvalue weighted by Gasteiger charge is -2.08. The van der Waals surface area contributed by atoms with Gasteiger partial charge in [0.2, 0.25) is 5.91 Å². The van der Waals surface area contributed by atoms with Gasteiger partial charge in [-0.15, -0.1) is 30.4 Å². The molecule has 5 nitrogen and oxygen atoms in total. The molecule has 0 aliphatic heterocycles. The lowest BCUT2D eigenvalue weighted by molar-refractivity contribution is -0.120. The molecule has 0 aromatic carbocycles. The fourth-order valence-corrected chi connectivity index (χ4v) is 1.10. The summed E-state index contributed by atoms with van der Waals surface area (Å²) in [5.41, 5.74) is 0. The lowest BCUT2D eigenvalue weighted by atomic mass is 10.4. The third kappa shape index (κ3) is 11.5. The van der Waals surface area contributed by atoms with E-state index in [1.54, 1.807) is 0 Å². The van der Waals surface area contributed by atoms with Crippen LogP contribution in [0.15, 0.2) is 4.99 Å². The maximum Gasteiger partial charge on any atom is 0.221 e. The van der Waals surface area contributed by atoms with Gasteiger partial charge in [-0.1, -0.05) is 12.8 Å². The average Bonchev–Trinajstić information content (AvgIpc) is 2.33. The molecular formula is C12H23IN4O. The molecule has 0 bridgehead atoms. The lowest BCUT2D eigenvalue weighted by Crippen LogP contribution is -2.37. The monoisotopic (exact) mass is 366 g/mol. The van der Waals surface area contributed by atoms with Crippen molar-refractivity contribution in [3.05, 3.63) is 0 Å². The summed E-state index contributed by atoms with van der Waals surface area (Å²) < 4.78 is 0. The highest BCUT2D eigenvalue weighted by atomic mass is 127. The Morgan fingerprint density at radius 3 is 2.56 bits per heavy atom. The van der Waals surface area contributed by atoms with Crippen molar-refractivity contribution in [2.45, 2.75) is 26.7 Å². The fraction of sp³-hybridized carbons (Fsp3) is 0.667. The smallest absolute Gasteiger partial charge is 0.221 e. The van der Waals surface area contributed by atoms with E-state index in [4.69, 9.17) is 6.42 Å². The zero-order valence-corrected chi connectivity index (χ0v) is 13.4. The second-order valence-corrected chi connectivity index (χ2v) is 3.42. The van der Waals surface area contributed by atoms with E-state index in [1.807, 2.05) is 13.8 Å². The van der Waals surface area contributed by atoms with Gasteiger partial charge in [0.05, 0.1) is 13.1 Å². The molecule has 0 radical (unpaired) electrons. The molecule has 1 amide bonds. The van der Waals surface area contributed by atoms with Crippen LogP contribution in [0.3, 0.4) is 0 Å². The molecule has 0 atom stereocenters. The molecule has 0 aromatic heterocycles. The van der Waals surface area contributed by atoms with Crippen LogP contribution in [0.2, 0.25) is 0 Å². The summed E-state index contributed by atoms with van der Waals surface area (Å²) in [4.78, 5) is 15.5. The van der Waals surface area contributed by atoms with E-state index >= 15 is 0 Å². The van der Waals surface area contributed by atoms with Crippen molar-refractivity contribution in [3.8, 4) is 12.3 Å². The summed E-state index contributed by atoms with van der Waals surface area (Å²) in [6.45, 7) is 6.35. The van der Waals surface area contributed by atoms with Crippen LogP contribution in [0.5, 0.6) is 0 Å². The molecule has 0 aromatic rings. The first-order valence-corrected chi connectivity index (χ1v) is 5.96. The van der Waals surface area contributed by atoms with Crippen molar-refractivity contribution < 1.29 is 4.79 Å². The number of hydrogen-bond acceptors (Lipinski definition) is 2. The molecule has 0 aliphatic rings. The van der Waals surface area contributed by atoms with Gasteiger partial charge in [0.15, 0.2) is 5.96 Å². The molecule has 0 spiro atoms. The van der Waals surface area contributed by atoms with Crippen molar-refractivity contribution in [1.29, 1.82) is 0 Å². The van der Waals surface area contributed by atoms with Gasteiger partial charge < -0.3 is 16.0 Å². The maximum absolute atomic E-state index is 11.3. The number of carbonyl (C=O) groups is 1. The van der Waals surface area contributed by atoms with Gasteiger partial charge in [0.1, 0.15) is 0 Å². The minimum absolute atomic E-state index is 0. The summed E-state index contributed by atoms with van der Waals surface area (Å²) in [5.74, 6) is 3.15. The van der Waals surface area contributed by atoms with Crippen molar-refractivity contribution in [2.75, 3.05) is 26.2 Å². The van der Waals surface area contributed by atoms with Crippen LogP contribution < -0.4 is 16.0 Å². The van der Waals surface area contributed by atoms with Gasteiger partial charge in [0, 0.05) is 19.5 Å². The van der Waals surface area contributed by atoms with Gasteiger partial charge in [0.25, 0.3) is 0 Å². The molecule has 0 aliphatic carbocycles. The predicted octanol–water partition coefficient (Wildman–Crippen LogP) is 0.709. The Kier molecular flexibility index (Phi) is 15.2. The van der Waals surface area contributed by atoms with E-state index in [9.17, 15) is 4.79 Å². The SMILES string of the molecule is C#CCNC(=NCCC(=O)NCCC)NCC.I. The molecule has 0 heterocycles. The Balaban J connectivity index is 0. The highest BCUT2D eigenvalue weighted by molar-refractivity contribution is 14.0. The summed E-state index contributed by atoms with van der Waals surface area (Å²) in [6.07, 6.45) is 6.49. The van der Waals surface area contributed by atoms with Crippen LogP contribution >= 0.6 is 24.0 Å². The van der Waals surface area contributed by atoms with Crippen molar-refractivity contribution in [2.24, 2.45) is 4.99 Å². The van der Waals surface area contributed by atoms with Gasteiger partial charge in [-0.25, -0.2) is 0 Å². The molecule has 0 rings (SSSR count). The van der Waals surface area contributed by atoms with Gasteiger partial charge in [-0.3, -0.25) is 9.79 Å². The fourth-order valence-electron chi connectivity index (χ4n) is 1.10. The van der Waals surface area contributed by atoms with Crippen LogP contribution in [0.4, 0.5) is 0 Å². The Morgan fingerprint density at radius 2 is 2.00 bits per heavy atom. The molecule has 0 fully saturated rings. The van der Waals surface area contributed by atoms with Crippen LogP contribution in [0.25, 0.3) is 0 Å². The van der Waals surface area contributed by atoms with Gasteiger partial charge in [-0.05, 0) is 13.3 Å². The summed E-state index contributed by atoms with van der Waals surface area (Å²) >= 11 is 0. The van der Waals surface area contributed by atoms with Gasteiger partial charge in [-0.2, -0.15) is 0 Å². The van der Waals surface area contributed by atoms with Crippen LogP contribution in [0, 0.1) is 12.3 Å². The van der Waals surface area contributed by atoms with E-state index in [0.29, 0.717) is 25.5 Å². The first kappa shape index (κ1) is 19.4. The number of nitrogens with one attached hydrogen (secondary N) is 3. The number of hydrogen-bond donors (Lipinski definition) is 3. The minimum Gasteiger partial charge on any atom is -0.357 e. The number of rotatable bonds is 7. The summed E-state index contributed by atoms with van der Waals surface area (Å²) in [7, 11) is 0. The predicted molar refractivity (Wildman–Crippen MR) is 86.1 cm³/mol. The summed E-state index contributed by atoms with van der Waals surface area (Å²) in [6, 6.07) is 0. The molecule has 3 N–H and O–H groups in total. The molecule has 104 valence electrons. The van der Waals surface area contributed by atoms with Crippen LogP contribution in [-0.2, 0) is 4.79 Å². The van der Waals surface area contributed by atoms with E-state index in [1.165, 1.54) is 0 Å². The highest BCUT2D eigenvalue weighted by Crippen LogP contribution is 1.83. The second-order valence-electron chi connectivity index (χ2n) is 3.42. The zero-order valence-electron chi connectivity index (χ0n) is 11.1. The van der Waals surface area contributed by atoms with Crippen molar-refractivity contribution in [3.63, 3.8) is 0 Å². The highest BCUT2D eigenvalue weighted by Gasteiger charge is 1.99. The molecule has 6 heteroatoms. The standard InChI is InChI=1S/C12H22N4O.HI/c1-4-8-14-11(17)7-10-16-12(13-6-3)15-9-5-2;/h2H,4,6-10H2,1,3H3,(H,14,17)(H2,13,15,16);1H.